The molecule has 1 aromatic heterocycles. The summed E-state index contributed by atoms with van der Waals surface area (Å²) >= 11 is 0. The molecule has 2 aromatic carbocycles. The van der Waals surface area contributed by atoms with Crippen LogP contribution in [0.25, 0.3) is 11.0 Å². The second-order valence-electron chi connectivity index (χ2n) is 7.97. The number of carbonyl (C=O) groups is 2. The molecule has 2 fully saturated rings. The number of amides is 3. The van der Waals surface area contributed by atoms with Crippen LogP contribution in [-0.4, -0.2) is 32.5 Å². The van der Waals surface area contributed by atoms with Gasteiger partial charge in [-0.05, 0) is 48.2 Å². The van der Waals surface area contributed by atoms with Crippen LogP contribution in [0.15, 0.2) is 48.8 Å². The molecule has 33 heavy (non-hydrogen) atoms. The van der Waals surface area contributed by atoms with Crippen molar-refractivity contribution in [2.24, 2.45) is 0 Å². The summed E-state index contributed by atoms with van der Waals surface area (Å²) in [6.07, 6.45) is -3.25. The summed E-state index contributed by atoms with van der Waals surface area (Å²) in [5.74, 6) is -1.10. The van der Waals surface area contributed by atoms with Gasteiger partial charge in [0.25, 0.3) is 0 Å². The quantitative estimate of drug-likeness (QED) is 0.572. The molecule has 1 aliphatic heterocycles. The van der Waals surface area contributed by atoms with E-state index in [0.29, 0.717) is 35.5 Å². The first-order chi connectivity index (χ1) is 15.7. The van der Waals surface area contributed by atoms with Crippen molar-refractivity contribution in [1.29, 1.82) is 0 Å². The zero-order valence-electron chi connectivity index (χ0n) is 16.9. The molecule has 3 amide bonds. The molecule has 0 radical (unpaired) electrons. The van der Waals surface area contributed by atoms with Gasteiger partial charge in [-0.2, -0.15) is 13.2 Å². The van der Waals surface area contributed by atoms with Gasteiger partial charge in [-0.15, -0.1) is 0 Å². The Labute approximate surface area is 184 Å². The smallest absolute Gasteiger partial charge is 0.419 e. The van der Waals surface area contributed by atoms with Crippen molar-refractivity contribution >= 4 is 23.2 Å². The maximum atomic E-state index is 13.9. The molecule has 1 atom stereocenters. The van der Waals surface area contributed by atoms with Crippen LogP contribution in [0.3, 0.4) is 0 Å². The van der Waals surface area contributed by atoms with Crippen LogP contribution in [-0.2, 0) is 17.5 Å². The first kappa shape index (κ1) is 21.1. The lowest BCUT2D eigenvalue weighted by molar-refractivity contribution is -0.137. The molecule has 1 saturated carbocycles. The number of cyclic esters (lactones) is 1. The first-order valence-electron chi connectivity index (χ1n) is 10.0. The number of halogens is 4. The minimum atomic E-state index is -4.77. The molecule has 3 aromatic rings. The van der Waals surface area contributed by atoms with Crippen LogP contribution in [0.5, 0.6) is 0 Å². The number of hydrogen-bond donors (Lipinski definition) is 1. The molecule has 11 heteroatoms. The molecule has 1 aliphatic carbocycles. The van der Waals surface area contributed by atoms with E-state index in [1.165, 1.54) is 6.20 Å². The lowest BCUT2D eigenvalue weighted by Crippen LogP contribution is -2.46. The molecule has 170 valence electrons. The van der Waals surface area contributed by atoms with Crippen LogP contribution < -0.4 is 5.32 Å². The Bertz CT molecular complexity index is 1270. The fraction of sp³-hybridized carbons (Fsp3) is 0.273. The van der Waals surface area contributed by atoms with Crippen LogP contribution in [0.4, 0.5) is 27.2 Å². The summed E-state index contributed by atoms with van der Waals surface area (Å²) < 4.78 is 58.6. The molecule has 2 heterocycles. The van der Waals surface area contributed by atoms with E-state index in [1.54, 1.807) is 24.4 Å². The number of aromatic nitrogens is 2. The number of fused-ring (bicyclic) bond motifs is 1. The topological polar surface area (TPSA) is 84.4 Å². The number of urea groups is 1. The molecule has 5 rings (SSSR count). The van der Waals surface area contributed by atoms with Gasteiger partial charge in [0.15, 0.2) is 6.10 Å². The summed E-state index contributed by atoms with van der Waals surface area (Å²) in [5.41, 5.74) is -0.603. The predicted molar refractivity (Wildman–Crippen MR) is 106 cm³/mol. The van der Waals surface area contributed by atoms with E-state index in [-0.39, 0.29) is 12.1 Å². The van der Waals surface area contributed by atoms with E-state index >= 15 is 0 Å². The van der Waals surface area contributed by atoms with E-state index in [4.69, 9.17) is 4.74 Å². The number of rotatable bonds is 3. The van der Waals surface area contributed by atoms with Gasteiger partial charge in [0, 0.05) is 18.9 Å². The highest BCUT2D eigenvalue weighted by molar-refractivity contribution is 5.94. The average Bonchev–Trinajstić information content (AvgIpc) is 3.49. The Hall–Kier alpha value is -3.76. The second-order valence-corrected chi connectivity index (χ2v) is 7.97. The lowest BCUT2D eigenvalue weighted by Gasteiger charge is -2.23. The molecule has 1 saturated heterocycles. The van der Waals surface area contributed by atoms with Gasteiger partial charge in [-0.25, -0.2) is 18.9 Å². The van der Waals surface area contributed by atoms with Crippen molar-refractivity contribution in [2.45, 2.75) is 37.2 Å². The number of benzene rings is 2. The highest BCUT2D eigenvalue weighted by Crippen LogP contribution is 2.57. The molecule has 1 N–H and O–H groups in total. The summed E-state index contributed by atoms with van der Waals surface area (Å²) in [5, 5.41) is 2.64. The minimum Gasteiger partial charge on any atom is -0.438 e. The number of nitrogens with one attached hydrogen (secondary N) is 1. The maximum Gasteiger partial charge on any atom is 0.419 e. The molecular weight excluding hydrogens is 444 g/mol. The van der Waals surface area contributed by atoms with Crippen molar-refractivity contribution in [3.63, 3.8) is 0 Å². The third kappa shape index (κ3) is 3.62. The van der Waals surface area contributed by atoms with Crippen molar-refractivity contribution in [2.75, 3.05) is 0 Å². The standard InChI is InChI=1S/C22H16F4N4O3/c23-15-9-13(8-14(10-15)22(24,25)26)18-21(4-5-21)30(20(32)33-18)19(31)29-11-12-2-1-3-16-17(12)28-7-6-27-16/h1-3,6-10,18H,4-5,11H2,(H,29,31)/t18-/m1/s1. The number of para-hydroxylation sites is 1. The summed E-state index contributed by atoms with van der Waals surface area (Å²) in [6.45, 7) is 0.0393. The number of imide groups is 1. The van der Waals surface area contributed by atoms with Gasteiger partial charge in [0.1, 0.15) is 5.82 Å². The summed E-state index contributed by atoms with van der Waals surface area (Å²) in [6, 6.07) is 6.53. The Morgan fingerprint density at radius 2 is 1.94 bits per heavy atom. The van der Waals surface area contributed by atoms with E-state index in [0.717, 1.165) is 17.0 Å². The lowest BCUT2D eigenvalue weighted by atomic mass is 9.98. The third-order valence-corrected chi connectivity index (χ3v) is 5.86. The van der Waals surface area contributed by atoms with Gasteiger partial charge in [-0.1, -0.05) is 12.1 Å². The zero-order chi connectivity index (χ0) is 23.4. The number of carbonyl (C=O) groups excluding carboxylic acids is 2. The number of hydrogen-bond acceptors (Lipinski definition) is 5. The van der Waals surface area contributed by atoms with Crippen molar-refractivity contribution in [1.82, 2.24) is 20.2 Å². The molecule has 0 unspecified atom stereocenters. The fourth-order valence-corrected chi connectivity index (χ4v) is 4.21. The maximum absolute atomic E-state index is 13.9. The normalized spacial score (nSPS) is 19.1. The number of ether oxygens (including phenoxy) is 1. The van der Waals surface area contributed by atoms with Crippen LogP contribution >= 0.6 is 0 Å². The Morgan fingerprint density at radius 3 is 2.67 bits per heavy atom. The zero-order valence-corrected chi connectivity index (χ0v) is 16.9. The van der Waals surface area contributed by atoms with E-state index in [9.17, 15) is 27.2 Å². The largest absolute Gasteiger partial charge is 0.438 e. The first-order valence-corrected chi connectivity index (χ1v) is 10.0. The van der Waals surface area contributed by atoms with Gasteiger partial charge in [0.05, 0.1) is 22.1 Å². The minimum absolute atomic E-state index is 0.0393. The summed E-state index contributed by atoms with van der Waals surface area (Å²) in [7, 11) is 0. The molecular formula is C22H16F4N4O3. The fourth-order valence-electron chi connectivity index (χ4n) is 4.21. The van der Waals surface area contributed by atoms with Crippen molar-refractivity contribution < 1.29 is 31.9 Å². The SMILES string of the molecule is O=C(NCc1cccc2nccnc12)N1C(=O)O[C@H](c2cc(F)cc(C(F)(F)F)c2)C12CC2. The van der Waals surface area contributed by atoms with Crippen LogP contribution in [0.2, 0.25) is 0 Å². The highest BCUT2D eigenvalue weighted by Gasteiger charge is 2.66. The van der Waals surface area contributed by atoms with Crippen LogP contribution in [0.1, 0.15) is 35.6 Å². The van der Waals surface area contributed by atoms with Gasteiger partial charge >= 0.3 is 18.3 Å². The van der Waals surface area contributed by atoms with Crippen molar-refractivity contribution in [3.05, 3.63) is 71.3 Å². The Morgan fingerprint density at radius 1 is 1.18 bits per heavy atom. The number of nitrogens with zero attached hydrogens (tertiary/aromatic N) is 3. The van der Waals surface area contributed by atoms with Gasteiger partial charge in [-0.3, -0.25) is 9.97 Å². The van der Waals surface area contributed by atoms with Gasteiger partial charge < -0.3 is 10.1 Å². The summed E-state index contributed by atoms with van der Waals surface area (Å²) in [4.78, 5) is 34.8. The predicted octanol–water partition coefficient (Wildman–Crippen LogP) is 4.72. The van der Waals surface area contributed by atoms with E-state index in [2.05, 4.69) is 15.3 Å². The highest BCUT2D eigenvalue weighted by atomic mass is 19.4. The van der Waals surface area contributed by atoms with Gasteiger partial charge in [0.2, 0.25) is 0 Å². The third-order valence-electron chi connectivity index (χ3n) is 5.86. The average molecular weight is 460 g/mol. The molecule has 1 spiro atoms. The van der Waals surface area contributed by atoms with Crippen molar-refractivity contribution in [3.8, 4) is 0 Å². The Kier molecular flexibility index (Phi) is 4.73. The Balaban J connectivity index is 1.39. The van der Waals surface area contributed by atoms with Crippen LogP contribution in [0, 0.1) is 5.82 Å². The second kappa shape index (κ2) is 7.39. The number of alkyl halides is 3. The molecule has 0 bridgehead atoms. The molecule has 2 aliphatic rings. The van der Waals surface area contributed by atoms with E-state index in [1.807, 2.05) is 0 Å². The molecule has 7 nitrogen and oxygen atoms in total. The monoisotopic (exact) mass is 460 g/mol. The van der Waals surface area contributed by atoms with E-state index < -0.39 is 41.3 Å².